The topological polar surface area (TPSA) is 63.3 Å². The molecule has 3 nitrogen and oxygen atoms in total. The number of carboxylic acids is 1. The molecule has 0 saturated heterocycles. The molecule has 0 aromatic heterocycles. The van der Waals surface area contributed by atoms with Crippen LogP contribution in [0.25, 0.3) is 11.1 Å². The van der Waals surface area contributed by atoms with E-state index < -0.39 is 17.8 Å². The minimum Gasteiger partial charge on any atom is -0.481 e. The molecule has 0 spiro atoms. The van der Waals surface area contributed by atoms with Crippen molar-refractivity contribution >= 4 is 17.6 Å². The van der Waals surface area contributed by atoms with Gasteiger partial charge < -0.3 is 10.8 Å². The van der Waals surface area contributed by atoms with Gasteiger partial charge in [0.25, 0.3) is 0 Å². The molecule has 3 N–H and O–H groups in total. The summed E-state index contributed by atoms with van der Waals surface area (Å²) in [6.07, 6.45) is -0.358. The summed E-state index contributed by atoms with van der Waals surface area (Å²) in [7, 11) is 0. The number of aryl methyl sites for hydroxylation is 2. The standard InChI is InChI=1S/C17H17ClFNO2/c1-9-4-3-5-10(2)16(9)11-6-12(14(20)8-15(21)22)17(19)13(18)7-11/h3-7,14H,8,20H2,1-2H3,(H,21,22). The lowest BCUT2D eigenvalue weighted by atomic mass is 9.92. The van der Waals surface area contributed by atoms with E-state index >= 15 is 0 Å². The Morgan fingerprint density at radius 1 is 1.32 bits per heavy atom. The van der Waals surface area contributed by atoms with Gasteiger partial charge in [0.1, 0.15) is 5.82 Å². The van der Waals surface area contributed by atoms with E-state index in [-0.39, 0.29) is 17.0 Å². The summed E-state index contributed by atoms with van der Waals surface area (Å²) in [5, 5.41) is 8.79. The molecular formula is C17H17ClFNO2. The van der Waals surface area contributed by atoms with Gasteiger partial charge in [0.05, 0.1) is 11.4 Å². The van der Waals surface area contributed by atoms with Crippen molar-refractivity contribution in [1.82, 2.24) is 0 Å². The van der Waals surface area contributed by atoms with Crippen LogP contribution in [-0.2, 0) is 4.79 Å². The van der Waals surface area contributed by atoms with Gasteiger partial charge in [-0.25, -0.2) is 4.39 Å². The molecule has 2 rings (SSSR count). The van der Waals surface area contributed by atoms with Crippen molar-refractivity contribution in [2.45, 2.75) is 26.3 Å². The first-order valence-corrected chi connectivity index (χ1v) is 7.22. The van der Waals surface area contributed by atoms with E-state index in [1.165, 1.54) is 0 Å². The summed E-state index contributed by atoms with van der Waals surface area (Å²) >= 11 is 5.98. The predicted molar refractivity (Wildman–Crippen MR) is 85.5 cm³/mol. The highest BCUT2D eigenvalue weighted by Gasteiger charge is 2.19. The molecule has 0 saturated carbocycles. The molecule has 1 atom stereocenters. The van der Waals surface area contributed by atoms with E-state index in [4.69, 9.17) is 22.4 Å². The maximum atomic E-state index is 14.2. The summed E-state index contributed by atoms with van der Waals surface area (Å²) in [5.74, 6) is -1.74. The minimum absolute atomic E-state index is 0.0593. The quantitative estimate of drug-likeness (QED) is 0.885. The fourth-order valence-corrected chi connectivity index (χ4v) is 2.82. The number of carbonyl (C=O) groups is 1. The van der Waals surface area contributed by atoms with Crippen LogP contribution in [-0.4, -0.2) is 11.1 Å². The molecule has 0 bridgehead atoms. The van der Waals surface area contributed by atoms with Gasteiger partial charge in [-0.2, -0.15) is 0 Å². The fourth-order valence-electron chi connectivity index (χ4n) is 2.59. The van der Waals surface area contributed by atoms with Crippen molar-refractivity contribution in [2.24, 2.45) is 5.73 Å². The molecule has 2 aromatic rings. The van der Waals surface area contributed by atoms with Crippen LogP contribution in [0.3, 0.4) is 0 Å². The Labute approximate surface area is 133 Å². The monoisotopic (exact) mass is 321 g/mol. The zero-order valence-corrected chi connectivity index (χ0v) is 13.1. The second kappa shape index (κ2) is 6.46. The fraction of sp³-hybridized carbons (Fsp3) is 0.235. The molecule has 0 aliphatic heterocycles. The van der Waals surface area contributed by atoms with Gasteiger partial charge in [-0.15, -0.1) is 0 Å². The molecule has 116 valence electrons. The zero-order valence-electron chi connectivity index (χ0n) is 12.4. The molecule has 2 aromatic carbocycles. The molecule has 5 heteroatoms. The maximum Gasteiger partial charge on any atom is 0.305 e. The number of nitrogens with two attached hydrogens (primary N) is 1. The van der Waals surface area contributed by atoms with Crippen LogP contribution in [0, 0.1) is 19.7 Å². The van der Waals surface area contributed by atoms with Crippen LogP contribution in [0.2, 0.25) is 5.02 Å². The molecular weight excluding hydrogens is 305 g/mol. The first-order valence-electron chi connectivity index (χ1n) is 6.84. The highest BCUT2D eigenvalue weighted by molar-refractivity contribution is 6.31. The van der Waals surface area contributed by atoms with Crippen molar-refractivity contribution < 1.29 is 14.3 Å². The lowest BCUT2D eigenvalue weighted by Crippen LogP contribution is -2.16. The molecule has 22 heavy (non-hydrogen) atoms. The van der Waals surface area contributed by atoms with E-state index in [1.807, 2.05) is 32.0 Å². The maximum absolute atomic E-state index is 14.2. The Kier molecular flexibility index (Phi) is 4.84. The number of aliphatic carboxylic acids is 1. The summed E-state index contributed by atoms with van der Waals surface area (Å²) in [5.41, 5.74) is 9.67. The van der Waals surface area contributed by atoms with Gasteiger partial charge in [0, 0.05) is 11.6 Å². The second-order valence-corrected chi connectivity index (χ2v) is 5.74. The van der Waals surface area contributed by atoms with Crippen molar-refractivity contribution in [2.75, 3.05) is 0 Å². The number of benzene rings is 2. The smallest absolute Gasteiger partial charge is 0.305 e. The summed E-state index contributed by atoms with van der Waals surface area (Å²) in [6.45, 7) is 3.91. The van der Waals surface area contributed by atoms with E-state index in [0.717, 1.165) is 22.3 Å². The Balaban J connectivity index is 2.60. The van der Waals surface area contributed by atoms with Crippen molar-refractivity contribution in [3.63, 3.8) is 0 Å². The molecule has 0 heterocycles. The Morgan fingerprint density at radius 2 is 1.91 bits per heavy atom. The molecule has 0 aliphatic rings. The summed E-state index contributed by atoms with van der Waals surface area (Å²) < 4.78 is 14.2. The Hall–Kier alpha value is -1.91. The number of rotatable bonds is 4. The van der Waals surface area contributed by atoms with Gasteiger partial charge in [-0.3, -0.25) is 4.79 Å². The van der Waals surface area contributed by atoms with E-state index in [2.05, 4.69) is 0 Å². The summed E-state index contributed by atoms with van der Waals surface area (Å²) in [4.78, 5) is 10.8. The van der Waals surface area contributed by atoms with Crippen LogP contribution < -0.4 is 5.73 Å². The highest BCUT2D eigenvalue weighted by Crippen LogP contribution is 2.34. The van der Waals surface area contributed by atoms with Crippen LogP contribution in [0.15, 0.2) is 30.3 Å². The lowest BCUT2D eigenvalue weighted by molar-refractivity contribution is -0.137. The van der Waals surface area contributed by atoms with Gasteiger partial charge in [0.2, 0.25) is 0 Å². The normalized spacial score (nSPS) is 12.2. The second-order valence-electron chi connectivity index (χ2n) is 5.33. The van der Waals surface area contributed by atoms with Crippen LogP contribution >= 0.6 is 11.6 Å². The third-order valence-electron chi connectivity index (χ3n) is 3.62. The average molecular weight is 322 g/mol. The molecule has 0 amide bonds. The highest BCUT2D eigenvalue weighted by atomic mass is 35.5. The van der Waals surface area contributed by atoms with Gasteiger partial charge >= 0.3 is 5.97 Å². The van der Waals surface area contributed by atoms with Gasteiger partial charge in [0.15, 0.2) is 0 Å². The predicted octanol–water partition coefficient (Wildman–Crippen LogP) is 4.24. The number of carboxylic acid groups (broad SMARTS) is 1. The van der Waals surface area contributed by atoms with Crippen molar-refractivity contribution in [3.8, 4) is 11.1 Å². The first kappa shape index (κ1) is 16.5. The SMILES string of the molecule is Cc1cccc(C)c1-c1cc(Cl)c(F)c(C(N)CC(=O)O)c1. The van der Waals surface area contributed by atoms with Gasteiger partial charge in [-0.1, -0.05) is 29.8 Å². The summed E-state index contributed by atoms with van der Waals surface area (Å²) in [6, 6.07) is 8.04. The molecule has 0 aliphatic carbocycles. The number of halogens is 2. The molecule has 1 unspecified atom stereocenters. The molecule has 0 fully saturated rings. The first-order chi connectivity index (χ1) is 10.3. The van der Waals surface area contributed by atoms with Crippen molar-refractivity contribution in [1.29, 1.82) is 0 Å². The van der Waals surface area contributed by atoms with E-state index in [1.54, 1.807) is 12.1 Å². The zero-order chi connectivity index (χ0) is 16.4. The third kappa shape index (κ3) is 3.29. The lowest BCUT2D eigenvalue weighted by Gasteiger charge is -2.16. The van der Waals surface area contributed by atoms with Gasteiger partial charge in [-0.05, 0) is 48.2 Å². The number of hydrogen-bond acceptors (Lipinski definition) is 2. The Bertz CT molecular complexity index is 711. The van der Waals surface area contributed by atoms with Crippen LogP contribution in [0.5, 0.6) is 0 Å². The largest absolute Gasteiger partial charge is 0.481 e. The van der Waals surface area contributed by atoms with E-state index in [0.29, 0.717) is 0 Å². The average Bonchev–Trinajstić information content (AvgIpc) is 2.41. The van der Waals surface area contributed by atoms with Crippen LogP contribution in [0.4, 0.5) is 4.39 Å². The minimum atomic E-state index is -1.08. The van der Waals surface area contributed by atoms with E-state index in [9.17, 15) is 9.18 Å². The Morgan fingerprint density at radius 3 is 2.45 bits per heavy atom. The third-order valence-corrected chi connectivity index (χ3v) is 3.90. The van der Waals surface area contributed by atoms with Crippen LogP contribution in [0.1, 0.15) is 29.2 Å². The molecule has 0 radical (unpaired) electrons. The van der Waals surface area contributed by atoms with Crippen molar-refractivity contribution in [3.05, 3.63) is 57.9 Å². The number of hydrogen-bond donors (Lipinski definition) is 2.